The number of hydrogen-bond donors (Lipinski definition) is 1. The van der Waals surface area contributed by atoms with Crippen LogP contribution in [0.5, 0.6) is 0 Å². The topological polar surface area (TPSA) is 65.5 Å². The van der Waals surface area contributed by atoms with Crippen LogP contribution in [0.2, 0.25) is 0 Å². The van der Waals surface area contributed by atoms with Crippen molar-refractivity contribution in [2.75, 3.05) is 32.7 Å². The maximum absolute atomic E-state index is 12.5. The number of carbonyl (C=O) groups is 2. The number of likely N-dealkylation sites (tertiary alicyclic amines) is 2. The highest BCUT2D eigenvalue weighted by Crippen LogP contribution is 2.17. The van der Waals surface area contributed by atoms with E-state index >= 15 is 0 Å². The van der Waals surface area contributed by atoms with E-state index in [2.05, 4.69) is 22.1 Å². The molecule has 2 aliphatic rings. The molecule has 2 fully saturated rings. The second-order valence-electron chi connectivity index (χ2n) is 7.35. The van der Waals surface area contributed by atoms with Gasteiger partial charge in [0.2, 0.25) is 5.91 Å². The largest absolute Gasteiger partial charge is 0.348 e. The third-order valence-corrected chi connectivity index (χ3v) is 5.28. The van der Waals surface area contributed by atoms with Gasteiger partial charge in [0.1, 0.15) is 0 Å². The quantitative estimate of drug-likeness (QED) is 0.900. The van der Waals surface area contributed by atoms with Crippen molar-refractivity contribution in [3.8, 4) is 0 Å². The Labute approximate surface area is 149 Å². The van der Waals surface area contributed by atoms with Crippen molar-refractivity contribution < 1.29 is 9.59 Å². The summed E-state index contributed by atoms with van der Waals surface area (Å²) in [6.07, 6.45) is 7.43. The lowest BCUT2D eigenvalue weighted by molar-refractivity contribution is -0.134. The molecule has 1 aromatic heterocycles. The molecule has 0 aromatic carbocycles. The molecule has 2 amide bonds. The number of hydrogen-bond acceptors (Lipinski definition) is 4. The van der Waals surface area contributed by atoms with E-state index in [4.69, 9.17) is 0 Å². The summed E-state index contributed by atoms with van der Waals surface area (Å²) in [6, 6.07) is 3.54. The first-order valence-electron chi connectivity index (χ1n) is 9.33. The van der Waals surface area contributed by atoms with Gasteiger partial charge in [0.15, 0.2) is 0 Å². The van der Waals surface area contributed by atoms with Gasteiger partial charge in [-0.1, -0.05) is 6.92 Å². The zero-order chi connectivity index (χ0) is 17.6. The van der Waals surface area contributed by atoms with Gasteiger partial charge in [-0.2, -0.15) is 0 Å². The van der Waals surface area contributed by atoms with Crippen LogP contribution in [0.3, 0.4) is 0 Å². The van der Waals surface area contributed by atoms with Crippen molar-refractivity contribution >= 4 is 11.8 Å². The minimum absolute atomic E-state index is 0.0643. The van der Waals surface area contributed by atoms with Gasteiger partial charge in [-0.3, -0.25) is 19.5 Å². The minimum atomic E-state index is -0.0643. The fraction of sp³-hybridized carbons (Fsp3) is 0.632. The lowest BCUT2D eigenvalue weighted by Crippen LogP contribution is -2.51. The Hall–Kier alpha value is -1.95. The molecule has 1 aromatic rings. The maximum atomic E-state index is 12.5. The molecular weight excluding hydrogens is 316 g/mol. The van der Waals surface area contributed by atoms with E-state index in [0.717, 1.165) is 57.8 Å². The number of pyridine rings is 1. The van der Waals surface area contributed by atoms with Crippen LogP contribution in [0.25, 0.3) is 0 Å². The standard InChI is InChI=1S/C19H28N4O2/c1-15-6-11-23(12-7-15)18(24)14-22-10-2-3-17(13-22)21-19(25)16-4-8-20-9-5-16/h4-5,8-9,15,17H,2-3,6-7,10-14H2,1H3,(H,21,25). The zero-order valence-electron chi connectivity index (χ0n) is 15.0. The molecule has 1 N–H and O–H groups in total. The fourth-order valence-corrected chi connectivity index (χ4v) is 3.64. The molecule has 0 aliphatic carbocycles. The number of rotatable bonds is 4. The van der Waals surface area contributed by atoms with Gasteiger partial charge < -0.3 is 10.2 Å². The number of piperidine rings is 2. The summed E-state index contributed by atoms with van der Waals surface area (Å²) in [5, 5.41) is 3.09. The SMILES string of the molecule is CC1CCN(C(=O)CN2CCCC(NC(=O)c3ccncc3)C2)CC1. The van der Waals surface area contributed by atoms with Gasteiger partial charge in [0, 0.05) is 43.6 Å². The second kappa shape index (κ2) is 8.43. The summed E-state index contributed by atoms with van der Waals surface area (Å²) in [7, 11) is 0. The Morgan fingerprint density at radius 2 is 1.88 bits per heavy atom. The molecule has 136 valence electrons. The van der Waals surface area contributed by atoms with Crippen molar-refractivity contribution in [1.29, 1.82) is 0 Å². The summed E-state index contributed by atoms with van der Waals surface area (Å²) >= 11 is 0. The van der Waals surface area contributed by atoms with E-state index < -0.39 is 0 Å². The molecule has 3 rings (SSSR count). The lowest BCUT2D eigenvalue weighted by Gasteiger charge is -2.35. The Kier molecular flexibility index (Phi) is 6.02. The van der Waals surface area contributed by atoms with E-state index in [0.29, 0.717) is 12.1 Å². The molecule has 2 aliphatic heterocycles. The summed E-state index contributed by atoms with van der Waals surface area (Å²) in [5.74, 6) is 0.894. The first-order valence-corrected chi connectivity index (χ1v) is 9.33. The monoisotopic (exact) mass is 344 g/mol. The van der Waals surface area contributed by atoms with Gasteiger partial charge in [0.25, 0.3) is 5.91 Å². The normalized spacial score (nSPS) is 22.6. The van der Waals surface area contributed by atoms with Crippen molar-refractivity contribution in [3.63, 3.8) is 0 Å². The number of nitrogens with one attached hydrogen (secondary N) is 1. The summed E-state index contributed by atoms with van der Waals surface area (Å²) in [5.41, 5.74) is 0.630. The average Bonchev–Trinajstić information content (AvgIpc) is 2.63. The van der Waals surface area contributed by atoms with Gasteiger partial charge in [-0.15, -0.1) is 0 Å². The maximum Gasteiger partial charge on any atom is 0.251 e. The van der Waals surface area contributed by atoms with Crippen LogP contribution in [0, 0.1) is 5.92 Å². The Balaban J connectivity index is 1.48. The van der Waals surface area contributed by atoms with Crippen molar-refractivity contribution in [2.24, 2.45) is 5.92 Å². The molecule has 6 heteroatoms. The summed E-state index contributed by atoms with van der Waals surface area (Å²) in [6.45, 7) is 6.16. The van der Waals surface area contributed by atoms with Crippen molar-refractivity contribution in [2.45, 2.75) is 38.6 Å². The lowest BCUT2D eigenvalue weighted by atomic mass is 9.99. The van der Waals surface area contributed by atoms with Crippen LogP contribution in [-0.4, -0.2) is 65.4 Å². The van der Waals surface area contributed by atoms with E-state index in [-0.39, 0.29) is 17.9 Å². The first kappa shape index (κ1) is 17.9. The third-order valence-electron chi connectivity index (χ3n) is 5.28. The van der Waals surface area contributed by atoms with Crippen LogP contribution in [0.4, 0.5) is 0 Å². The molecule has 2 saturated heterocycles. The van der Waals surface area contributed by atoms with Crippen LogP contribution in [0.15, 0.2) is 24.5 Å². The van der Waals surface area contributed by atoms with Gasteiger partial charge in [0.05, 0.1) is 6.54 Å². The molecule has 0 spiro atoms. The van der Waals surface area contributed by atoms with E-state index in [1.807, 2.05) is 4.90 Å². The highest BCUT2D eigenvalue weighted by atomic mass is 16.2. The summed E-state index contributed by atoms with van der Waals surface area (Å²) < 4.78 is 0. The van der Waals surface area contributed by atoms with Crippen LogP contribution in [-0.2, 0) is 4.79 Å². The van der Waals surface area contributed by atoms with Gasteiger partial charge >= 0.3 is 0 Å². The first-order chi connectivity index (χ1) is 12.1. The predicted molar refractivity (Wildman–Crippen MR) is 96.1 cm³/mol. The van der Waals surface area contributed by atoms with Crippen LogP contribution in [0.1, 0.15) is 43.0 Å². The van der Waals surface area contributed by atoms with E-state index in [9.17, 15) is 9.59 Å². The molecule has 1 atom stereocenters. The smallest absolute Gasteiger partial charge is 0.251 e. The summed E-state index contributed by atoms with van der Waals surface area (Å²) in [4.78, 5) is 32.9. The molecule has 25 heavy (non-hydrogen) atoms. The molecule has 0 radical (unpaired) electrons. The van der Waals surface area contributed by atoms with Crippen molar-refractivity contribution in [3.05, 3.63) is 30.1 Å². The van der Waals surface area contributed by atoms with Crippen LogP contribution < -0.4 is 5.32 Å². The third kappa shape index (κ3) is 5.01. The highest BCUT2D eigenvalue weighted by Gasteiger charge is 2.26. The minimum Gasteiger partial charge on any atom is -0.348 e. The number of carbonyl (C=O) groups excluding carboxylic acids is 2. The molecule has 3 heterocycles. The number of aromatic nitrogens is 1. The molecule has 0 bridgehead atoms. The molecule has 6 nitrogen and oxygen atoms in total. The Bertz CT molecular complexity index is 584. The highest BCUT2D eigenvalue weighted by molar-refractivity contribution is 5.94. The van der Waals surface area contributed by atoms with Crippen molar-refractivity contribution in [1.82, 2.24) is 20.1 Å². The van der Waals surface area contributed by atoms with Crippen LogP contribution >= 0.6 is 0 Å². The van der Waals surface area contributed by atoms with E-state index in [1.54, 1.807) is 24.5 Å². The van der Waals surface area contributed by atoms with Gasteiger partial charge in [-0.05, 0) is 50.3 Å². The van der Waals surface area contributed by atoms with E-state index in [1.165, 1.54) is 0 Å². The molecule has 1 unspecified atom stereocenters. The molecular formula is C19H28N4O2. The zero-order valence-corrected chi connectivity index (χ0v) is 15.0. The molecule has 0 saturated carbocycles. The predicted octanol–water partition coefficient (Wildman–Crippen LogP) is 1.53. The Morgan fingerprint density at radius 3 is 2.60 bits per heavy atom. The fourth-order valence-electron chi connectivity index (χ4n) is 3.64. The Morgan fingerprint density at radius 1 is 1.16 bits per heavy atom. The number of nitrogens with zero attached hydrogens (tertiary/aromatic N) is 3. The average molecular weight is 344 g/mol. The number of amides is 2. The van der Waals surface area contributed by atoms with Gasteiger partial charge in [-0.25, -0.2) is 0 Å². The second-order valence-corrected chi connectivity index (χ2v) is 7.35.